The van der Waals surface area contributed by atoms with E-state index in [1.165, 1.54) is 18.2 Å². The number of benzene rings is 2. The monoisotopic (exact) mass is 393 g/mol. The molecule has 0 aliphatic carbocycles. The number of hydrogen-bond acceptors (Lipinski definition) is 4. The van der Waals surface area contributed by atoms with E-state index in [1.807, 2.05) is 4.72 Å². The summed E-state index contributed by atoms with van der Waals surface area (Å²) >= 11 is 5.56. The highest BCUT2D eigenvalue weighted by Gasteiger charge is 2.35. The summed E-state index contributed by atoms with van der Waals surface area (Å²) in [5, 5.41) is -0.203. The molecule has 2 rings (SSSR count). The summed E-state index contributed by atoms with van der Waals surface area (Å²) in [5.74, 6) is -0.937. The minimum absolute atomic E-state index is 0.203. The van der Waals surface area contributed by atoms with Gasteiger partial charge in [0, 0.05) is 5.02 Å². The van der Waals surface area contributed by atoms with Gasteiger partial charge < -0.3 is 4.74 Å². The average Bonchev–Trinajstić information content (AvgIpc) is 2.54. The Bertz CT molecular complexity index is 913. The van der Waals surface area contributed by atoms with Crippen LogP contribution >= 0.6 is 11.6 Å². The Labute approximate surface area is 146 Å². The van der Waals surface area contributed by atoms with Gasteiger partial charge in [0.1, 0.15) is 4.90 Å². The lowest BCUT2D eigenvalue weighted by Gasteiger charge is -2.16. The smallest absolute Gasteiger partial charge is 0.418 e. The summed E-state index contributed by atoms with van der Waals surface area (Å²) < 4.78 is 70.6. The Kier molecular flexibility index (Phi) is 5.28. The second kappa shape index (κ2) is 6.93. The molecule has 0 amide bonds. The maximum Gasteiger partial charge on any atom is 0.418 e. The van der Waals surface area contributed by atoms with Crippen LogP contribution in [-0.4, -0.2) is 21.5 Å². The molecule has 0 spiro atoms. The number of sulfonamides is 1. The van der Waals surface area contributed by atoms with E-state index < -0.39 is 38.3 Å². The van der Waals surface area contributed by atoms with Gasteiger partial charge >= 0.3 is 12.1 Å². The van der Waals surface area contributed by atoms with E-state index in [0.29, 0.717) is 6.07 Å². The molecule has 0 unspecified atom stereocenters. The van der Waals surface area contributed by atoms with Crippen molar-refractivity contribution in [3.8, 4) is 0 Å². The number of methoxy groups -OCH3 is 1. The largest absolute Gasteiger partial charge is 0.465 e. The molecule has 10 heteroatoms. The van der Waals surface area contributed by atoms with Crippen molar-refractivity contribution in [2.24, 2.45) is 0 Å². The van der Waals surface area contributed by atoms with Gasteiger partial charge in [-0.05, 0) is 30.3 Å². The molecule has 1 N–H and O–H groups in total. The standard InChI is InChI=1S/C15H11ClF3NO4S/c1-24-14(21)10-4-2-3-5-13(10)25(22,23)20-12-7-6-9(16)8-11(12)15(17,18)19/h2-8,20H,1H3. The van der Waals surface area contributed by atoms with Crippen molar-refractivity contribution in [3.05, 3.63) is 58.6 Å². The third-order valence-corrected chi connectivity index (χ3v) is 4.77. The Morgan fingerprint density at radius 2 is 1.80 bits per heavy atom. The fourth-order valence-corrected chi connectivity index (χ4v) is 3.47. The second-order valence-electron chi connectivity index (χ2n) is 4.78. The van der Waals surface area contributed by atoms with Crippen LogP contribution in [0.2, 0.25) is 5.02 Å². The van der Waals surface area contributed by atoms with Gasteiger partial charge in [0.25, 0.3) is 10.0 Å². The van der Waals surface area contributed by atoms with Gasteiger partial charge in [0.05, 0.1) is 23.9 Å². The van der Waals surface area contributed by atoms with Crippen molar-refractivity contribution >= 4 is 33.3 Å². The maximum absolute atomic E-state index is 13.1. The minimum atomic E-state index is -4.83. The zero-order valence-corrected chi connectivity index (χ0v) is 14.2. The number of nitrogens with one attached hydrogen (secondary N) is 1. The molecular formula is C15H11ClF3NO4S. The summed E-state index contributed by atoms with van der Waals surface area (Å²) in [6.07, 6.45) is -4.83. The van der Waals surface area contributed by atoms with Crippen molar-refractivity contribution in [2.45, 2.75) is 11.1 Å². The highest BCUT2D eigenvalue weighted by Crippen LogP contribution is 2.37. The Morgan fingerprint density at radius 3 is 2.40 bits per heavy atom. The number of carbonyl (C=O) groups excluding carboxylic acids is 1. The number of ether oxygens (including phenoxy) is 1. The maximum atomic E-state index is 13.1. The number of halogens is 4. The molecule has 2 aromatic rings. The first-order chi connectivity index (χ1) is 11.6. The van der Waals surface area contributed by atoms with Crippen LogP contribution in [0.5, 0.6) is 0 Å². The lowest BCUT2D eigenvalue weighted by atomic mass is 10.2. The van der Waals surface area contributed by atoms with Crippen LogP contribution in [-0.2, 0) is 20.9 Å². The zero-order chi connectivity index (χ0) is 18.8. The van der Waals surface area contributed by atoms with Crippen molar-refractivity contribution < 1.29 is 31.1 Å². The van der Waals surface area contributed by atoms with E-state index in [4.69, 9.17) is 11.6 Å². The molecule has 0 bridgehead atoms. The third-order valence-electron chi connectivity index (χ3n) is 3.11. The predicted molar refractivity (Wildman–Crippen MR) is 85.0 cm³/mol. The molecule has 0 saturated carbocycles. The molecule has 0 atom stereocenters. The molecule has 134 valence electrons. The van der Waals surface area contributed by atoms with Crippen molar-refractivity contribution in [3.63, 3.8) is 0 Å². The number of carbonyl (C=O) groups is 1. The van der Waals surface area contributed by atoms with Gasteiger partial charge in [-0.25, -0.2) is 13.2 Å². The van der Waals surface area contributed by atoms with Crippen LogP contribution in [0.3, 0.4) is 0 Å². The number of anilines is 1. The molecule has 25 heavy (non-hydrogen) atoms. The van der Waals surface area contributed by atoms with E-state index in [2.05, 4.69) is 4.74 Å². The molecular weight excluding hydrogens is 383 g/mol. The summed E-state index contributed by atoms with van der Waals surface area (Å²) in [7, 11) is -3.43. The normalized spacial score (nSPS) is 11.9. The van der Waals surface area contributed by atoms with Gasteiger partial charge in [-0.3, -0.25) is 4.72 Å². The SMILES string of the molecule is COC(=O)c1ccccc1S(=O)(=O)Nc1ccc(Cl)cc1C(F)(F)F. The lowest BCUT2D eigenvalue weighted by Crippen LogP contribution is -2.20. The molecule has 2 aromatic carbocycles. The number of alkyl halides is 3. The highest BCUT2D eigenvalue weighted by molar-refractivity contribution is 7.92. The van der Waals surface area contributed by atoms with Gasteiger partial charge in [-0.1, -0.05) is 23.7 Å². The lowest BCUT2D eigenvalue weighted by molar-refractivity contribution is -0.136. The molecule has 5 nitrogen and oxygen atoms in total. The summed E-state index contributed by atoms with van der Waals surface area (Å²) in [5.41, 5.74) is -2.27. The van der Waals surface area contributed by atoms with Gasteiger partial charge in [-0.15, -0.1) is 0 Å². The first kappa shape index (κ1) is 19.1. The van der Waals surface area contributed by atoms with Crippen molar-refractivity contribution in [1.29, 1.82) is 0 Å². The van der Waals surface area contributed by atoms with E-state index in [0.717, 1.165) is 25.3 Å². The van der Waals surface area contributed by atoms with Gasteiger partial charge in [0.15, 0.2) is 0 Å². The fraction of sp³-hybridized carbons (Fsp3) is 0.133. The van der Waals surface area contributed by atoms with Crippen molar-refractivity contribution in [2.75, 3.05) is 11.8 Å². The minimum Gasteiger partial charge on any atom is -0.465 e. The van der Waals surface area contributed by atoms with E-state index in [9.17, 15) is 26.4 Å². The Hall–Kier alpha value is -2.26. The highest BCUT2D eigenvalue weighted by atomic mass is 35.5. The molecule has 0 heterocycles. The van der Waals surface area contributed by atoms with E-state index in [-0.39, 0.29) is 10.6 Å². The van der Waals surface area contributed by atoms with Gasteiger partial charge in [-0.2, -0.15) is 13.2 Å². The summed E-state index contributed by atoms with van der Waals surface area (Å²) in [4.78, 5) is 11.2. The van der Waals surface area contributed by atoms with Crippen LogP contribution < -0.4 is 4.72 Å². The van der Waals surface area contributed by atoms with Crippen molar-refractivity contribution in [1.82, 2.24) is 0 Å². The molecule has 0 aromatic heterocycles. The van der Waals surface area contributed by atoms with E-state index >= 15 is 0 Å². The predicted octanol–water partition coefficient (Wildman–Crippen LogP) is 3.95. The fourth-order valence-electron chi connectivity index (χ4n) is 2.02. The first-order valence-corrected chi connectivity index (χ1v) is 8.49. The Balaban J connectivity index is 2.54. The third kappa shape index (κ3) is 4.23. The van der Waals surface area contributed by atoms with Crippen LogP contribution in [0, 0.1) is 0 Å². The van der Waals surface area contributed by atoms with Crippen LogP contribution in [0.1, 0.15) is 15.9 Å². The average molecular weight is 394 g/mol. The van der Waals surface area contributed by atoms with Crippen LogP contribution in [0.4, 0.5) is 18.9 Å². The summed E-state index contributed by atoms with van der Waals surface area (Å²) in [6.45, 7) is 0. The number of hydrogen-bond donors (Lipinski definition) is 1. The molecule has 0 radical (unpaired) electrons. The zero-order valence-electron chi connectivity index (χ0n) is 12.6. The molecule has 0 saturated heterocycles. The van der Waals surface area contributed by atoms with Crippen LogP contribution in [0.25, 0.3) is 0 Å². The second-order valence-corrected chi connectivity index (χ2v) is 6.87. The summed E-state index contributed by atoms with van der Waals surface area (Å²) in [6, 6.07) is 7.60. The number of esters is 1. The van der Waals surface area contributed by atoms with Gasteiger partial charge in [0.2, 0.25) is 0 Å². The number of rotatable bonds is 4. The molecule has 0 fully saturated rings. The van der Waals surface area contributed by atoms with E-state index in [1.54, 1.807) is 0 Å². The van der Waals surface area contributed by atoms with Crippen LogP contribution in [0.15, 0.2) is 47.4 Å². The first-order valence-electron chi connectivity index (χ1n) is 6.63. The molecule has 0 aliphatic rings. The topological polar surface area (TPSA) is 72.5 Å². The molecule has 0 aliphatic heterocycles. The Morgan fingerprint density at radius 1 is 1.16 bits per heavy atom. The quantitative estimate of drug-likeness (QED) is 0.798.